The second-order valence-corrected chi connectivity index (χ2v) is 10.9. The summed E-state index contributed by atoms with van der Waals surface area (Å²) in [6.45, 7) is 12.8. The Morgan fingerprint density at radius 3 is 1.69 bits per heavy atom. The fourth-order valence-electron chi connectivity index (χ4n) is 6.38. The largest absolute Gasteiger partial charge is 0.482 e. The zero-order valence-corrected chi connectivity index (χ0v) is 25.5. The maximum atomic E-state index is 11.1. The number of ether oxygens (including phenoxy) is 1. The molecule has 0 spiro atoms. The van der Waals surface area contributed by atoms with Gasteiger partial charge in [-0.1, -0.05) is 27.7 Å². The van der Waals surface area contributed by atoms with Gasteiger partial charge in [0.25, 0.3) is 0 Å². The molecular formula is C34H41N5O3. The molecule has 3 aromatic heterocycles. The molecule has 4 aromatic rings. The van der Waals surface area contributed by atoms with Gasteiger partial charge >= 0.3 is 5.97 Å². The normalized spacial score (nSPS) is 14.3. The summed E-state index contributed by atoms with van der Waals surface area (Å²) in [6.07, 6.45) is 9.14. The van der Waals surface area contributed by atoms with Crippen molar-refractivity contribution in [1.29, 1.82) is 0 Å². The number of carboxylic acid groups (broad SMARTS) is 1. The van der Waals surface area contributed by atoms with Crippen LogP contribution in [0, 0.1) is 13.8 Å². The van der Waals surface area contributed by atoms with Crippen LogP contribution in [0.3, 0.4) is 0 Å². The molecule has 0 saturated heterocycles. The number of rotatable bonds is 7. The minimum atomic E-state index is -1.03. The Hall–Kier alpha value is -4.33. The number of hydrogen-bond donors (Lipinski definition) is 4. The van der Waals surface area contributed by atoms with E-state index in [0.29, 0.717) is 17.1 Å². The fourth-order valence-corrected chi connectivity index (χ4v) is 6.38. The molecule has 0 unspecified atom stereocenters. The van der Waals surface area contributed by atoms with Gasteiger partial charge in [0.2, 0.25) is 0 Å². The molecule has 0 aliphatic carbocycles. The molecule has 1 aliphatic heterocycles. The van der Waals surface area contributed by atoms with E-state index in [2.05, 4.69) is 56.5 Å². The first-order valence-corrected chi connectivity index (χ1v) is 15.0. The van der Waals surface area contributed by atoms with Crippen LogP contribution in [0.1, 0.15) is 95.2 Å². The van der Waals surface area contributed by atoms with Crippen molar-refractivity contribution < 1.29 is 14.6 Å². The average molecular weight is 568 g/mol. The van der Waals surface area contributed by atoms with Crippen LogP contribution in [-0.2, 0) is 43.3 Å². The van der Waals surface area contributed by atoms with Gasteiger partial charge in [0.15, 0.2) is 6.61 Å². The lowest BCUT2D eigenvalue weighted by atomic mass is 9.98. The summed E-state index contributed by atoms with van der Waals surface area (Å²) in [6, 6.07) is 5.29. The number of nitrogens with one attached hydrogen (secondary N) is 3. The van der Waals surface area contributed by atoms with E-state index in [-0.39, 0.29) is 0 Å². The molecule has 0 atom stereocenters. The van der Waals surface area contributed by atoms with E-state index in [9.17, 15) is 4.79 Å². The SMILES string of the molecule is CCc1c2[nH]c(c1C)/C=N/c1ccc(OCC(=O)O)cc1/N=C/c1[nH]c(c(CC)c1C)Cc1[nH]c(c(CC)c1CC)C2. The van der Waals surface area contributed by atoms with E-state index >= 15 is 0 Å². The predicted molar refractivity (Wildman–Crippen MR) is 169 cm³/mol. The summed E-state index contributed by atoms with van der Waals surface area (Å²) in [5, 5.41) is 9.09. The van der Waals surface area contributed by atoms with Crippen LogP contribution in [0.2, 0.25) is 0 Å². The van der Waals surface area contributed by atoms with Gasteiger partial charge in [-0.25, -0.2) is 4.79 Å². The Morgan fingerprint density at radius 1 is 0.738 bits per heavy atom. The number of aliphatic carboxylic acids is 1. The number of carbonyl (C=O) groups is 1. The molecule has 0 saturated carbocycles. The molecule has 8 nitrogen and oxygen atoms in total. The van der Waals surface area contributed by atoms with Crippen molar-refractivity contribution in [3.05, 3.63) is 85.7 Å². The Bertz CT molecular complexity index is 1680. The number of aromatic amines is 3. The molecule has 220 valence electrons. The maximum Gasteiger partial charge on any atom is 0.341 e. The van der Waals surface area contributed by atoms with Crippen LogP contribution in [0.25, 0.3) is 0 Å². The summed E-state index contributed by atoms with van der Waals surface area (Å²) in [5.74, 6) is -0.600. The molecule has 0 fully saturated rings. The van der Waals surface area contributed by atoms with E-state index in [1.807, 2.05) is 18.5 Å². The van der Waals surface area contributed by atoms with Crippen LogP contribution >= 0.6 is 0 Å². The lowest BCUT2D eigenvalue weighted by molar-refractivity contribution is -0.139. The first kappa shape index (κ1) is 29.2. The average Bonchev–Trinajstić information content (AvgIpc) is 3.58. The number of aliphatic imine (C=N–C) groups is 2. The van der Waals surface area contributed by atoms with Gasteiger partial charge in [-0.05, 0) is 85.0 Å². The highest BCUT2D eigenvalue weighted by molar-refractivity contribution is 5.87. The first-order chi connectivity index (χ1) is 20.3. The Kier molecular flexibility index (Phi) is 8.52. The first-order valence-electron chi connectivity index (χ1n) is 15.0. The summed E-state index contributed by atoms with van der Waals surface area (Å²) >= 11 is 0. The molecule has 6 bridgehead atoms. The third-order valence-electron chi connectivity index (χ3n) is 8.50. The van der Waals surface area contributed by atoms with Crippen LogP contribution in [0.15, 0.2) is 28.2 Å². The van der Waals surface area contributed by atoms with E-state index < -0.39 is 12.6 Å². The van der Waals surface area contributed by atoms with E-state index in [0.717, 1.165) is 49.9 Å². The molecule has 1 aliphatic rings. The molecule has 0 radical (unpaired) electrons. The Morgan fingerprint density at radius 2 is 1.21 bits per heavy atom. The molecule has 4 N–H and O–H groups in total. The molecule has 1 aromatic carbocycles. The second-order valence-electron chi connectivity index (χ2n) is 10.9. The predicted octanol–water partition coefficient (Wildman–Crippen LogP) is 7.00. The van der Waals surface area contributed by atoms with Crippen molar-refractivity contribution in [2.45, 2.75) is 80.1 Å². The van der Waals surface area contributed by atoms with E-state index in [1.165, 1.54) is 56.2 Å². The van der Waals surface area contributed by atoms with Crippen LogP contribution < -0.4 is 4.74 Å². The lowest BCUT2D eigenvalue weighted by Crippen LogP contribution is -2.09. The van der Waals surface area contributed by atoms with Crippen molar-refractivity contribution in [2.75, 3.05) is 6.61 Å². The van der Waals surface area contributed by atoms with Gasteiger partial charge in [-0.15, -0.1) is 0 Å². The van der Waals surface area contributed by atoms with Gasteiger partial charge < -0.3 is 24.8 Å². The molecule has 8 heteroatoms. The highest BCUT2D eigenvalue weighted by atomic mass is 16.5. The van der Waals surface area contributed by atoms with Gasteiger partial charge in [0.05, 0.1) is 35.2 Å². The minimum Gasteiger partial charge on any atom is -0.482 e. The summed E-state index contributed by atoms with van der Waals surface area (Å²) in [4.78, 5) is 32.0. The number of carboxylic acids is 1. The second kappa shape index (κ2) is 12.3. The topological polar surface area (TPSA) is 119 Å². The monoisotopic (exact) mass is 567 g/mol. The van der Waals surface area contributed by atoms with Gasteiger partial charge in [0.1, 0.15) is 5.75 Å². The molecule has 4 heterocycles. The number of fused-ring (bicyclic) bond motifs is 7. The smallest absolute Gasteiger partial charge is 0.341 e. The Labute approximate surface area is 247 Å². The van der Waals surface area contributed by atoms with Crippen molar-refractivity contribution >= 4 is 29.8 Å². The van der Waals surface area contributed by atoms with Crippen molar-refractivity contribution in [3.8, 4) is 5.75 Å². The number of aromatic nitrogens is 3. The van der Waals surface area contributed by atoms with Gasteiger partial charge in [-0.2, -0.15) is 0 Å². The van der Waals surface area contributed by atoms with Crippen LogP contribution in [0.5, 0.6) is 5.75 Å². The highest BCUT2D eigenvalue weighted by Gasteiger charge is 2.21. The van der Waals surface area contributed by atoms with Crippen LogP contribution in [0.4, 0.5) is 11.4 Å². The fraction of sp³-hybridized carbons (Fsp3) is 0.382. The highest BCUT2D eigenvalue weighted by Crippen LogP contribution is 2.34. The quantitative estimate of drug-likeness (QED) is 0.170. The molecule has 0 amide bonds. The zero-order chi connectivity index (χ0) is 30.0. The Balaban J connectivity index is 1.70. The van der Waals surface area contributed by atoms with Gasteiger partial charge in [0, 0.05) is 41.7 Å². The van der Waals surface area contributed by atoms with Crippen molar-refractivity contribution in [2.24, 2.45) is 9.98 Å². The number of benzene rings is 1. The zero-order valence-electron chi connectivity index (χ0n) is 25.5. The third-order valence-corrected chi connectivity index (χ3v) is 8.50. The lowest BCUT2D eigenvalue weighted by Gasteiger charge is -2.06. The summed E-state index contributed by atoms with van der Waals surface area (Å²) < 4.78 is 5.46. The van der Waals surface area contributed by atoms with Gasteiger partial charge in [-0.3, -0.25) is 9.98 Å². The van der Waals surface area contributed by atoms with Crippen LogP contribution in [-0.4, -0.2) is 45.1 Å². The number of H-pyrrole nitrogens is 3. The molecular weight excluding hydrogens is 526 g/mol. The van der Waals surface area contributed by atoms with E-state index in [4.69, 9.17) is 19.8 Å². The maximum absolute atomic E-state index is 11.1. The standard InChI is InChI=1S/C34H41N5O3/c1-7-22-19(5)32-16-35-26-12-11-21(42-18-34(40)41)13-31(26)36-17-33-20(6)23(8-2)28(39-33)15-30-25(10-4)24(9-3)29(37-30)14-27(22)38-32/h11-13,16-17,37-39H,7-10,14-15,18H2,1-6H3,(H,40,41)/b35-16+,36-17+. The summed E-state index contributed by atoms with van der Waals surface area (Å²) in [7, 11) is 0. The summed E-state index contributed by atoms with van der Waals surface area (Å²) in [5.41, 5.74) is 16.0. The van der Waals surface area contributed by atoms with Crippen molar-refractivity contribution in [3.63, 3.8) is 0 Å². The van der Waals surface area contributed by atoms with Crippen molar-refractivity contribution in [1.82, 2.24) is 15.0 Å². The minimum absolute atomic E-state index is 0.422. The van der Waals surface area contributed by atoms with E-state index in [1.54, 1.807) is 12.1 Å². The molecule has 42 heavy (non-hydrogen) atoms. The number of hydrogen-bond acceptors (Lipinski definition) is 4. The number of nitrogens with zero attached hydrogens (tertiary/aromatic N) is 2. The molecule has 5 rings (SSSR count). The third kappa shape index (κ3) is 5.58.